The number of hydrogen-bond donors (Lipinski definition) is 1. The minimum atomic E-state index is -0.0936. The molecule has 0 radical (unpaired) electrons. The molecular formula is C15H26N2O. The average molecular weight is 250 g/mol. The van der Waals surface area contributed by atoms with E-state index in [1.165, 1.54) is 11.4 Å². The molecule has 2 rings (SSSR count). The van der Waals surface area contributed by atoms with Gasteiger partial charge in [-0.2, -0.15) is 5.10 Å². The first kappa shape index (κ1) is 13.6. The summed E-state index contributed by atoms with van der Waals surface area (Å²) in [5.41, 5.74) is 2.55. The fourth-order valence-electron chi connectivity index (χ4n) is 2.74. The van der Waals surface area contributed by atoms with Gasteiger partial charge in [0.1, 0.15) is 0 Å². The molecule has 0 unspecified atom stereocenters. The Morgan fingerprint density at radius 3 is 2.22 bits per heavy atom. The van der Waals surface area contributed by atoms with Gasteiger partial charge in [0.25, 0.3) is 0 Å². The van der Waals surface area contributed by atoms with E-state index in [9.17, 15) is 5.11 Å². The maximum absolute atomic E-state index is 9.62. The summed E-state index contributed by atoms with van der Waals surface area (Å²) in [6.45, 7) is 8.85. The zero-order valence-electron chi connectivity index (χ0n) is 12.1. The van der Waals surface area contributed by atoms with Gasteiger partial charge in [-0.1, -0.05) is 27.7 Å². The van der Waals surface area contributed by atoms with E-state index in [4.69, 9.17) is 5.10 Å². The van der Waals surface area contributed by atoms with Crippen LogP contribution >= 0.6 is 0 Å². The Bertz CT molecular complexity index is 387. The summed E-state index contributed by atoms with van der Waals surface area (Å²) < 4.78 is 2.24. The summed E-state index contributed by atoms with van der Waals surface area (Å²) in [6.07, 6.45) is 3.85. The Hall–Kier alpha value is -0.830. The van der Waals surface area contributed by atoms with Crippen LogP contribution in [0.2, 0.25) is 0 Å². The zero-order valence-corrected chi connectivity index (χ0v) is 12.1. The standard InChI is InChI=1S/C15H26N2O/c1-10(2)14-9-15(11(3)4)17(16-14)12-5-7-13(18)8-6-12/h9-13,18H,5-8H2,1-4H3. The lowest BCUT2D eigenvalue weighted by atomic mass is 9.93. The van der Waals surface area contributed by atoms with Crippen LogP contribution in [-0.4, -0.2) is 21.0 Å². The molecule has 3 heteroatoms. The molecule has 1 N–H and O–H groups in total. The van der Waals surface area contributed by atoms with Crippen molar-refractivity contribution in [1.29, 1.82) is 0 Å². The molecule has 0 spiro atoms. The van der Waals surface area contributed by atoms with Gasteiger partial charge in [-0.05, 0) is 43.6 Å². The van der Waals surface area contributed by atoms with Gasteiger partial charge in [0.2, 0.25) is 0 Å². The van der Waals surface area contributed by atoms with Gasteiger partial charge in [-0.3, -0.25) is 4.68 Å². The van der Waals surface area contributed by atoms with Crippen LogP contribution in [0.1, 0.15) is 82.6 Å². The highest BCUT2D eigenvalue weighted by molar-refractivity contribution is 5.17. The predicted molar refractivity (Wildman–Crippen MR) is 73.9 cm³/mol. The van der Waals surface area contributed by atoms with E-state index in [0.717, 1.165) is 25.7 Å². The van der Waals surface area contributed by atoms with Crippen LogP contribution in [0.25, 0.3) is 0 Å². The molecule has 0 atom stereocenters. The minimum absolute atomic E-state index is 0.0936. The number of aliphatic hydroxyl groups is 1. The molecule has 0 amide bonds. The molecule has 0 saturated heterocycles. The van der Waals surface area contributed by atoms with Crippen LogP contribution in [0, 0.1) is 0 Å². The summed E-state index contributed by atoms with van der Waals surface area (Å²) >= 11 is 0. The monoisotopic (exact) mass is 250 g/mol. The molecule has 1 heterocycles. The third-order valence-corrected chi connectivity index (χ3v) is 3.98. The first-order valence-electron chi connectivity index (χ1n) is 7.26. The largest absolute Gasteiger partial charge is 0.393 e. The Kier molecular flexibility index (Phi) is 4.10. The molecule has 1 fully saturated rings. The molecule has 1 aromatic heterocycles. The quantitative estimate of drug-likeness (QED) is 0.890. The van der Waals surface area contributed by atoms with Crippen LogP contribution in [0.4, 0.5) is 0 Å². The Morgan fingerprint density at radius 1 is 1.11 bits per heavy atom. The average Bonchev–Trinajstić information content (AvgIpc) is 2.75. The molecular weight excluding hydrogens is 224 g/mol. The maximum Gasteiger partial charge on any atom is 0.0653 e. The van der Waals surface area contributed by atoms with Crippen molar-refractivity contribution in [2.75, 3.05) is 0 Å². The topological polar surface area (TPSA) is 38.0 Å². The lowest BCUT2D eigenvalue weighted by Gasteiger charge is -2.27. The van der Waals surface area contributed by atoms with Crippen molar-refractivity contribution < 1.29 is 5.11 Å². The van der Waals surface area contributed by atoms with Gasteiger partial charge in [0, 0.05) is 5.69 Å². The summed E-state index contributed by atoms with van der Waals surface area (Å²) in [6, 6.07) is 2.75. The van der Waals surface area contributed by atoms with Gasteiger partial charge < -0.3 is 5.11 Å². The number of rotatable bonds is 3. The normalized spacial score (nSPS) is 25.1. The molecule has 102 valence electrons. The maximum atomic E-state index is 9.62. The van der Waals surface area contributed by atoms with E-state index in [1.807, 2.05) is 0 Å². The summed E-state index contributed by atoms with van der Waals surface area (Å²) in [7, 11) is 0. The highest BCUT2D eigenvalue weighted by Crippen LogP contribution is 2.32. The van der Waals surface area contributed by atoms with E-state index in [0.29, 0.717) is 17.9 Å². The van der Waals surface area contributed by atoms with E-state index in [1.54, 1.807) is 0 Å². The summed E-state index contributed by atoms with van der Waals surface area (Å²) in [5, 5.41) is 14.4. The van der Waals surface area contributed by atoms with Crippen molar-refractivity contribution in [1.82, 2.24) is 9.78 Å². The molecule has 1 aromatic rings. The first-order valence-corrected chi connectivity index (χ1v) is 7.26. The zero-order chi connectivity index (χ0) is 13.3. The van der Waals surface area contributed by atoms with Crippen molar-refractivity contribution in [2.24, 2.45) is 0 Å². The second kappa shape index (κ2) is 5.43. The number of nitrogens with zero attached hydrogens (tertiary/aromatic N) is 2. The van der Waals surface area contributed by atoms with E-state index < -0.39 is 0 Å². The highest BCUT2D eigenvalue weighted by Gasteiger charge is 2.24. The van der Waals surface area contributed by atoms with E-state index in [-0.39, 0.29) is 6.10 Å². The summed E-state index contributed by atoms with van der Waals surface area (Å²) in [5.74, 6) is 0.995. The SMILES string of the molecule is CC(C)c1cc(C(C)C)n(C2CCC(O)CC2)n1. The Labute approximate surface area is 110 Å². The van der Waals surface area contributed by atoms with Gasteiger partial charge in [0.15, 0.2) is 0 Å². The highest BCUT2D eigenvalue weighted by atomic mass is 16.3. The van der Waals surface area contributed by atoms with Crippen LogP contribution in [-0.2, 0) is 0 Å². The molecule has 1 aliphatic carbocycles. The van der Waals surface area contributed by atoms with E-state index >= 15 is 0 Å². The molecule has 3 nitrogen and oxygen atoms in total. The lowest BCUT2D eigenvalue weighted by Crippen LogP contribution is -2.23. The van der Waals surface area contributed by atoms with Gasteiger partial charge in [-0.15, -0.1) is 0 Å². The van der Waals surface area contributed by atoms with Gasteiger partial charge in [-0.25, -0.2) is 0 Å². The molecule has 1 aliphatic rings. The fraction of sp³-hybridized carbons (Fsp3) is 0.800. The molecule has 0 aromatic carbocycles. The molecule has 1 saturated carbocycles. The van der Waals surface area contributed by atoms with Gasteiger partial charge in [0.05, 0.1) is 17.8 Å². The second-order valence-corrected chi connectivity index (χ2v) is 6.21. The van der Waals surface area contributed by atoms with Crippen LogP contribution in [0.5, 0.6) is 0 Å². The molecule has 0 bridgehead atoms. The van der Waals surface area contributed by atoms with Crippen LogP contribution in [0.3, 0.4) is 0 Å². The minimum Gasteiger partial charge on any atom is -0.393 e. The van der Waals surface area contributed by atoms with Crippen molar-refractivity contribution in [3.63, 3.8) is 0 Å². The Morgan fingerprint density at radius 2 is 1.72 bits per heavy atom. The van der Waals surface area contributed by atoms with Crippen molar-refractivity contribution in [3.8, 4) is 0 Å². The second-order valence-electron chi connectivity index (χ2n) is 6.21. The van der Waals surface area contributed by atoms with Gasteiger partial charge >= 0.3 is 0 Å². The predicted octanol–water partition coefficient (Wildman–Crippen LogP) is 3.61. The smallest absolute Gasteiger partial charge is 0.0653 e. The number of aromatic nitrogens is 2. The lowest BCUT2D eigenvalue weighted by molar-refractivity contribution is 0.107. The third kappa shape index (κ3) is 2.77. The Balaban J connectivity index is 2.25. The number of hydrogen-bond acceptors (Lipinski definition) is 2. The molecule has 0 aliphatic heterocycles. The third-order valence-electron chi connectivity index (χ3n) is 3.98. The fourth-order valence-corrected chi connectivity index (χ4v) is 2.74. The van der Waals surface area contributed by atoms with E-state index in [2.05, 4.69) is 38.4 Å². The van der Waals surface area contributed by atoms with Crippen LogP contribution in [0.15, 0.2) is 6.07 Å². The van der Waals surface area contributed by atoms with Crippen molar-refractivity contribution >= 4 is 0 Å². The molecule has 18 heavy (non-hydrogen) atoms. The van der Waals surface area contributed by atoms with Crippen molar-refractivity contribution in [3.05, 3.63) is 17.5 Å². The summed E-state index contributed by atoms with van der Waals surface area (Å²) in [4.78, 5) is 0. The first-order chi connectivity index (χ1) is 8.49. The number of aliphatic hydroxyl groups excluding tert-OH is 1. The van der Waals surface area contributed by atoms with Crippen molar-refractivity contribution in [2.45, 2.75) is 77.4 Å². The van der Waals surface area contributed by atoms with Crippen LogP contribution < -0.4 is 0 Å².